The SMILES string of the molecule is C=C(CNCCC)CSc1ccc(C)cc1C. The minimum absolute atomic E-state index is 0.936. The van der Waals surface area contributed by atoms with Gasteiger partial charge in [0.1, 0.15) is 0 Å². The van der Waals surface area contributed by atoms with Crippen LogP contribution in [0, 0.1) is 13.8 Å². The maximum Gasteiger partial charge on any atom is 0.0200 e. The lowest BCUT2D eigenvalue weighted by Crippen LogP contribution is -2.18. The van der Waals surface area contributed by atoms with Gasteiger partial charge < -0.3 is 5.32 Å². The summed E-state index contributed by atoms with van der Waals surface area (Å²) in [4.78, 5) is 1.37. The zero-order valence-electron chi connectivity index (χ0n) is 11.2. The van der Waals surface area contributed by atoms with Crippen molar-refractivity contribution in [1.82, 2.24) is 5.32 Å². The Bertz CT molecular complexity index is 371. The number of benzene rings is 1. The van der Waals surface area contributed by atoms with Crippen LogP contribution in [0.25, 0.3) is 0 Å². The number of aryl methyl sites for hydroxylation is 2. The Morgan fingerprint density at radius 1 is 1.35 bits per heavy atom. The maximum absolute atomic E-state index is 4.11. The molecule has 0 radical (unpaired) electrons. The Hall–Kier alpha value is -0.730. The van der Waals surface area contributed by atoms with Gasteiger partial charge in [-0.15, -0.1) is 11.8 Å². The highest BCUT2D eigenvalue weighted by atomic mass is 32.2. The summed E-state index contributed by atoms with van der Waals surface area (Å²) >= 11 is 1.88. The van der Waals surface area contributed by atoms with Crippen LogP contribution >= 0.6 is 11.8 Å². The largest absolute Gasteiger partial charge is 0.313 e. The lowest BCUT2D eigenvalue weighted by Gasteiger charge is -2.09. The van der Waals surface area contributed by atoms with Crippen molar-refractivity contribution < 1.29 is 0 Å². The van der Waals surface area contributed by atoms with Gasteiger partial charge in [0.05, 0.1) is 0 Å². The van der Waals surface area contributed by atoms with Crippen molar-refractivity contribution in [2.24, 2.45) is 0 Å². The Balaban J connectivity index is 2.37. The number of rotatable bonds is 7. The van der Waals surface area contributed by atoms with E-state index in [0.29, 0.717) is 0 Å². The lowest BCUT2D eigenvalue weighted by atomic mass is 10.2. The lowest BCUT2D eigenvalue weighted by molar-refractivity contribution is 0.716. The van der Waals surface area contributed by atoms with Crippen LogP contribution in [-0.4, -0.2) is 18.8 Å². The Labute approximate surface area is 110 Å². The molecular formula is C15H23NS. The van der Waals surface area contributed by atoms with Gasteiger partial charge in [-0.2, -0.15) is 0 Å². The summed E-state index contributed by atoms with van der Waals surface area (Å²) in [7, 11) is 0. The summed E-state index contributed by atoms with van der Waals surface area (Å²) in [5.74, 6) is 1.00. The van der Waals surface area contributed by atoms with Crippen LogP contribution in [-0.2, 0) is 0 Å². The Morgan fingerprint density at radius 3 is 2.76 bits per heavy atom. The second-order valence-electron chi connectivity index (χ2n) is 4.48. The molecular weight excluding hydrogens is 226 g/mol. The summed E-state index contributed by atoms with van der Waals surface area (Å²) in [5, 5.41) is 3.38. The minimum Gasteiger partial charge on any atom is -0.313 e. The van der Waals surface area contributed by atoms with Crippen LogP contribution in [0.3, 0.4) is 0 Å². The molecule has 0 atom stereocenters. The first-order valence-electron chi connectivity index (χ1n) is 6.21. The first kappa shape index (κ1) is 14.3. The quantitative estimate of drug-likeness (QED) is 0.446. The first-order valence-corrected chi connectivity index (χ1v) is 7.19. The third-order valence-corrected chi connectivity index (χ3v) is 3.89. The molecule has 0 spiro atoms. The van der Waals surface area contributed by atoms with E-state index in [9.17, 15) is 0 Å². The van der Waals surface area contributed by atoms with Gasteiger partial charge >= 0.3 is 0 Å². The predicted octanol–water partition coefficient (Wildman–Crippen LogP) is 3.95. The molecule has 1 aromatic rings. The zero-order chi connectivity index (χ0) is 12.7. The van der Waals surface area contributed by atoms with E-state index in [1.807, 2.05) is 11.8 Å². The number of thioether (sulfide) groups is 1. The number of hydrogen-bond acceptors (Lipinski definition) is 2. The molecule has 0 heterocycles. The molecule has 0 aliphatic rings. The fraction of sp³-hybridized carbons (Fsp3) is 0.467. The Morgan fingerprint density at radius 2 is 2.12 bits per heavy atom. The molecule has 17 heavy (non-hydrogen) atoms. The smallest absolute Gasteiger partial charge is 0.0200 e. The first-order chi connectivity index (χ1) is 8.13. The highest BCUT2D eigenvalue weighted by Crippen LogP contribution is 2.24. The van der Waals surface area contributed by atoms with Crippen LogP contribution in [0.5, 0.6) is 0 Å². The van der Waals surface area contributed by atoms with E-state index >= 15 is 0 Å². The summed E-state index contributed by atoms with van der Waals surface area (Å²) in [6, 6.07) is 6.62. The molecule has 0 aliphatic heterocycles. The highest BCUT2D eigenvalue weighted by Gasteiger charge is 2.01. The van der Waals surface area contributed by atoms with Gasteiger partial charge in [-0.05, 0) is 38.4 Å². The molecule has 0 unspecified atom stereocenters. The van der Waals surface area contributed by atoms with Crippen molar-refractivity contribution in [3.05, 3.63) is 41.5 Å². The highest BCUT2D eigenvalue weighted by molar-refractivity contribution is 7.99. The van der Waals surface area contributed by atoms with Gasteiger partial charge in [-0.3, -0.25) is 0 Å². The van der Waals surface area contributed by atoms with E-state index in [2.05, 4.69) is 50.9 Å². The van der Waals surface area contributed by atoms with Gasteiger partial charge in [-0.1, -0.05) is 36.8 Å². The fourth-order valence-corrected chi connectivity index (χ4v) is 2.55. The second kappa shape index (κ2) is 7.57. The second-order valence-corrected chi connectivity index (χ2v) is 5.50. The molecule has 0 saturated carbocycles. The van der Waals surface area contributed by atoms with E-state index < -0.39 is 0 Å². The van der Waals surface area contributed by atoms with Crippen molar-refractivity contribution in [3.8, 4) is 0 Å². The Kier molecular flexibility index (Phi) is 6.38. The van der Waals surface area contributed by atoms with Gasteiger partial charge in [-0.25, -0.2) is 0 Å². The molecule has 2 heteroatoms. The third-order valence-electron chi connectivity index (χ3n) is 2.56. The van der Waals surface area contributed by atoms with Gasteiger partial charge in [0.25, 0.3) is 0 Å². The summed E-state index contributed by atoms with van der Waals surface area (Å²) in [6.07, 6.45) is 1.18. The summed E-state index contributed by atoms with van der Waals surface area (Å²) < 4.78 is 0. The molecule has 1 aromatic carbocycles. The molecule has 0 amide bonds. The topological polar surface area (TPSA) is 12.0 Å². The molecule has 1 N–H and O–H groups in total. The molecule has 94 valence electrons. The summed E-state index contributed by atoms with van der Waals surface area (Å²) in [6.45, 7) is 12.6. The molecule has 0 saturated heterocycles. The monoisotopic (exact) mass is 249 g/mol. The summed E-state index contributed by atoms with van der Waals surface area (Å²) in [5.41, 5.74) is 3.96. The van der Waals surface area contributed by atoms with Crippen LogP contribution in [0.15, 0.2) is 35.2 Å². The fourth-order valence-electron chi connectivity index (χ4n) is 1.63. The zero-order valence-corrected chi connectivity index (χ0v) is 12.0. The van der Waals surface area contributed by atoms with Crippen molar-refractivity contribution in [2.75, 3.05) is 18.8 Å². The van der Waals surface area contributed by atoms with Gasteiger partial charge in [0.15, 0.2) is 0 Å². The van der Waals surface area contributed by atoms with E-state index in [1.54, 1.807) is 0 Å². The third kappa shape index (κ3) is 5.42. The predicted molar refractivity (Wildman–Crippen MR) is 78.9 cm³/mol. The van der Waals surface area contributed by atoms with E-state index in [4.69, 9.17) is 0 Å². The minimum atomic E-state index is 0.936. The number of nitrogens with one attached hydrogen (secondary N) is 1. The average Bonchev–Trinajstić information content (AvgIpc) is 2.28. The normalized spacial score (nSPS) is 10.5. The van der Waals surface area contributed by atoms with Gasteiger partial charge in [0, 0.05) is 17.2 Å². The average molecular weight is 249 g/mol. The number of hydrogen-bond donors (Lipinski definition) is 1. The van der Waals surface area contributed by atoms with E-state index in [-0.39, 0.29) is 0 Å². The van der Waals surface area contributed by atoms with Crippen molar-refractivity contribution >= 4 is 11.8 Å². The van der Waals surface area contributed by atoms with Crippen molar-refractivity contribution in [3.63, 3.8) is 0 Å². The molecule has 1 nitrogen and oxygen atoms in total. The van der Waals surface area contributed by atoms with Crippen LogP contribution in [0.4, 0.5) is 0 Å². The van der Waals surface area contributed by atoms with Gasteiger partial charge in [0.2, 0.25) is 0 Å². The molecule has 0 aliphatic carbocycles. The standard InChI is InChI=1S/C15H23NS/c1-5-8-16-10-13(3)11-17-15-7-6-12(2)9-14(15)4/h6-7,9,16H,3,5,8,10-11H2,1-2,4H3. The van der Waals surface area contributed by atoms with E-state index in [0.717, 1.165) is 18.8 Å². The van der Waals surface area contributed by atoms with Crippen LogP contribution < -0.4 is 5.32 Å². The van der Waals surface area contributed by atoms with Crippen LogP contribution in [0.1, 0.15) is 24.5 Å². The van der Waals surface area contributed by atoms with Crippen molar-refractivity contribution in [1.29, 1.82) is 0 Å². The molecule has 0 bridgehead atoms. The molecule has 1 rings (SSSR count). The van der Waals surface area contributed by atoms with Crippen molar-refractivity contribution in [2.45, 2.75) is 32.1 Å². The maximum atomic E-state index is 4.11. The van der Waals surface area contributed by atoms with Crippen LogP contribution in [0.2, 0.25) is 0 Å². The van der Waals surface area contributed by atoms with E-state index in [1.165, 1.54) is 28.0 Å². The molecule has 0 fully saturated rings. The molecule has 0 aromatic heterocycles.